The molecule has 0 atom stereocenters. The second-order valence-electron chi connectivity index (χ2n) is 3.75. The van der Waals surface area contributed by atoms with E-state index in [1.807, 2.05) is 24.5 Å². The van der Waals surface area contributed by atoms with Gasteiger partial charge in [0.05, 0.1) is 12.4 Å². The molecule has 0 aliphatic rings. The molecule has 0 aromatic carbocycles. The summed E-state index contributed by atoms with van der Waals surface area (Å²) in [6.07, 6.45) is 11.0. The van der Waals surface area contributed by atoms with Crippen molar-refractivity contribution in [2.75, 3.05) is 0 Å². The van der Waals surface area contributed by atoms with Gasteiger partial charge in [0.2, 0.25) is 0 Å². The maximum Gasteiger partial charge on any atom is 0.322 e. The predicted octanol–water partition coefficient (Wildman–Crippen LogP) is 1.04. The van der Waals surface area contributed by atoms with Crippen LogP contribution in [-0.2, 0) is 13.1 Å². The van der Waals surface area contributed by atoms with E-state index in [4.69, 9.17) is 0 Å². The highest BCUT2D eigenvalue weighted by molar-refractivity contribution is 5.31. The van der Waals surface area contributed by atoms with Gasteiger partial charge >= 0.3 is 11.6 Å². The summed E-state index contributed by atoms with van der Waals surface area (Å²) in [6, 6.07) is 3.82. The molecule has 2 rings (SSSR count). The van der Waals surface area contributed by atoms with Gasteiger partial charge < -0.3 is 0 Å². The van der Waals surface area contributed by atoms with Gasteiger partial charge in [0.15, 0.2) is 0 Å². The molecule has 0 aliphatic carbocycles. The van der Waals surface area contributed by atoms with Crippen molar-refractivity contribution in [2.45, 2.75) is 13.1 Å². The topological polar surface area (TPSA) is 33.5 Å². The molecule has 0 spiro atoms. The Morgan fingerprint density at radius 3 is 1.72 bits per heavy atom. The monoisotopic (exact) mass is 240 g/mol. The third-order valence-electron chi connectivity index (χ3n) is 2.65. The molecule has 0 saturated carbocycles. The van der Waals surface area contributed by atoms with E-state index in [9.17, 15) is 0 Å². The van der Waals surface area contributed by atoms with Crippen molar-refractivity contribution in [3.8, 4) is 0 Å². The van der Waals surface area contributed by atoms with E-state index < -0.39 is 0 Å². The van der Waals surface area contributed by atoms with Crippen molar-refractivity contribution in [1.29, 1.82) is 0 Å². The minimum atomic E-state index is 0.812. The van der Waals surface area contributed by atoms with E-state index >= 15 is 0 Å². The second-order valence-corrected chi connectivity index (χ2v) is 3.75. The molecule has 4 heteroatoms. The van der Waals surface area contributed by atoms with Crippen LogP contribution >= 0.6 is 0 Å². The first-order valence-electron chi connectivity index (χ1n) is 5.79. The Labute approximate surface area is 107 Å². The highest BCUT2D eigenvalue weighted by Gasteiger charge is 2.11. The highest BCUT2D eigenvalue weighted by Crippen LogP contribution is 1.89. The summed E-state index contributed by atoms with van der Waals surface area (Å²) in [4.78, 5) is 8.50. The number of aromatic nitrogens is 4. The van der Waals surface area contributed by atoms with Gasteiger partial charge in [-0.05, 0) is 9.97 Å². The highest BCUT2D eigenvalue weighted by atomic mass is 15.1. The molecule has 2 heterocycles. The van der Waals surface area contributed by atoms with E-state index in [-0.39, 0.29) is 0 Å². The zero-order valence-corrected chi connectivity index (χ0v) is 10.2. The third kappa shape index (κ3) is 2.66. The van der Waals surface area contributed by atoms with Gasteiger partial charge in [0, 0.05) is 24.3 Å². The number of rotatable bonds is 5. The van der Waals surface area contributed by atoms with E-state index in [1.54, 1.807) is 24.5 Å². The van der Waals surface area contributed by atoms with Crippen LogP contribution in [0.1, 0.15) is 11.6 Å². The number of nitrogens with zero attached hydrogens (tertiary/aromatic N) is 4. The minimum Gasteiger partial charge on any atom is -0.227 e. The van der Waals surface area contributed by atoms with Crippen LogP contribution in [0.5, 0.6) is 0 Å². The van der Waals surface area contributed by atoms with Gasteiger partial charge in [-0.25, -0.2) is 9.13 Å². The lowest BCUT2D eigenvalue weighted by molar-refractivity contribution is -0.782. The minimum absolute atomic E-state index is 0.812. The molecular formula is C14H16N4+2. The van der Waals surface area contributed by atoms with Crippen molar-refractivity contribution >= 4 is 12.2 Å². The quantitative estimate of drug-likeness (QED) is 0.732. The van der Waals surface area contributed by atoms with Crippen molar-refractivity contribution in [3.05, 3.63) is 61.7 Å². The van der Waals surface area contributed by atoms with Gasteiger partial charge in [-0.15, -0.1) is 0 Å². The zero-order chi connectivity index (χ0) is 12.8. The van der Waals surface area contributed by atoms with E-state index in [1.165, 1.54) is 0 Å². The molecule has 0 amide bonds. The smallest absolute Gasteiger partial charge is 0.227 e. The van der Waals surface area contributed by atoms with Crippen molar-refractivity contribution in [1.82, 2.24) is 9.97 Å². The van der Waals surface area contributed by atoms with Gasteiger partial charge in [-0.3, -0.25) is 0 Å². The van der Waals surface area contributed by atoms with Crippen molar-refractivity contribution in [2.24, 2.45) is 0 Å². The molecule has 0 fully saturated rings. The van der Waals surface area contributed by atoms with Gasteiger partial charge in [0.25, 0.3) is 0 Å². The maximum atomic E-state index is 4.25. The molecule has 18 heavy (non-hydrogen) atoms. The molecule has 0 radical (unpaired) electrons. The molecule has 0 bridgehead atoms. The molecule has 0 saturated heterocycles. The molecule has 0 aliphatic heterocycles. The van der Waals surface area contributed by atoms with Gasteiger partial charge in [-0.1, -0.05) is 13.2 Å². The lowest BCUT2D eigenvalue weighted by atomic mass is 10.4. The SMILES string of the molecule is C=Cc1nccc[n+]1CC[n+]1cccnc1C=C. The van der Waals surface area contributed by atoms with Crippen LogP contribution in [0.3, 0.4) is 0 Å². The Kier molecular flexibility index (Phi) is 3.91. The van der Waals surface area contributed by atoms with Crippen LogP contribution in [0, 0.1) is 0 Å². The molecule has 4 nitrogen and oxygen atoms in total. The summed E-state index contributed by atoms with van der Waals surface area (Å²) in [7, 11) is 0. The number of aryl methyl sites for hydroxylation is 2. The summed E-state index contributed by atoms with van der Waals surface area (Å²) in [5.41, 5.74) is 0. The fourth-order valence-corrected chi connectivity index (χ4v) is 1.76. The second kappa shape index (κ2) is 5.82. The first-order chi connectivity index (χ1) is 8.85. The molecule has 2 aromatic heterocycles. The zero-order valence-electron chi connectivity index (χ0n) is 10.2. The fraction of sp³-hybridized carbons (Fsp3) is 0.143. The van der Waals surface area contributed by atoms with E-state index in [0.29, 0.717) is 0 Å². The summed E-state index contributed by atoms with van der Waals surface area (Å²) in [5, 5.41) is 0. The summed E-state index contributed by atoms with van der Waals surface area (Å²) in [5.74, 6) is 1.73. The Hall–Kier alpha value is -2.36. The van der Waals surface area contributed by atoms with Crippen LogP contribution < -0.4 is 9.13 Å². The average molecular weight is 240 g/mol. The number of hydrogen-bond donors (Lipinski definition) is 0. The Morgan fingerprint density at radius 2 is 1.33 bits per heavy atom. The fourth-order valence-electron chi connectivity index (χ4n) is 1.76. The molecule has 0 N–H and O–H groups in total. The van der Waals surface area contributed by atoms with Crippen molar-refractivity contribution < 1.29 is 9.13 Å². The normalized spacial score (nSPS) is 10.0. The standard InChI is InChI=1S/C14H16N4/c1-3-13-15-7-5-9-17(13)11-12-18-10-6-8-16-14(18)4-2/h3-10H,1-2,11-12H2/q+2. The average Bonchev–Trinajstić information content (AvgIpc) is 2.45. The molecular weight excluding hydrogens is 224 g/mol. The first kappa shape index (κ1) is 12.1. The van der Waals surface area contributed by atoms with Crippen LogP contribution in [0.4, 0.5) is 0 Å². The largest absolute Gasteiger partial charge is 0.322 e. The Bertz CT molecular complexity index is 512. The first-order valence-corrected chi connectivity index (χ1v) is 5.79. The van der Waals surface area contributed by atoms with Crippen LogP contribution in [0.25, 0.3) is 12.2 Å². The summed E-state index contributed by atoms with van der Waals surface area (Å²) >= 11 is 0. The Morgan fingerprint density at radius 1 is 0.889 bits per heavy atom. The van der Waals surface area contributed by atoms with E-state index in [0.717, 1.165) is 24.7 Å². The molecule has 0 unspecified atom stereocenters. The van der Waals surface area contributed by atoms with Crippen LogP contribution in [-0.4, -0.2) is 9.97 Å². The van der Waals surface area contributed by atoms with Gasteiger partial charge in [-0.2, -0.15) is 0 Å². The van der Waals surface area contributed by atoms with Crippen molar-refractivity contribution in [3.63, 3.8) is 0 Å². The Balaban J connectivity index is 2.16. The lowest BCUT2D eigenvalue weighted by Gasteiger charge is -2.02. The van der Waals surface area contributed by atoms with Gasteiger partial charge in [0.1, 0.15) is 25.5 Å². The third-order valence-corrected chi connectivity index (χ3v) is 2.65. The van der Waals surface area contributed by atoms with Crippen LogP contribution in [0.2, 0.25) is 0 Å². The van der Waals surface area contributed by atoms with E-state index in [2.05, 4.69) is 32.3 Å². The maximum absolute atomic E-state index is 4.25. The molecule has 2 aromatic rings. The number of hydrogen-bond acceptors (Lipinski definition) is 2. The summed E-state index contributed by atoms with van der Waals surface area (Å²) in [6.45, 7) is 9.15. The predicted molar refractivity (Wildman–Crippen MR) is 69.0 cm³/mol. The van der Waals surface area contributed by atoms with Crippen LogP contribution in [0.15, 0.2) is 50.1 Å². The lowest BCUT2D eigenvalue weighted by Crippen LogP contribution is -2.47. The summed E-state index contributed by atoms with van der Waals surface area (Å²) < 4.78 is 4.11. The molecule has 90 valence electrons.